The van der Waals surface area contributed by atoms with Crippen molar-refractivity contribution >= 4 is 23.3 Å². The van der Waals surface area contributed by atoms with Crippen molar-refractivity contribution in [1.29, 1.82) is 5.26 Å². The number of carbonyl (C=O) groups excluding carboxylic acids is 1. The van der Waals surface area contributed by atoms with Gasteiger partial charge in [-0.05, 0) is 42.1 Å². The van der Waals surface area contributed by atoms with Gasteiger partial charge in [-0.15, -0.1) is 11.3 Å². The number of hydrogen-bond donors (Lipinski definition) is 1. The van der Waals surface area contributed by atoms with E-state index >= 15 is 0 Å². The Balaban J connectivity index is 2.37. The minimum atomic E-state index is -0.482. The van der Waals surface area contributed by atoms with Crippen molar-refractivity contribution in [2.24, 2.45) is 5.73 Å². The highest BCUT2D eigenvalue weighted by Crippen LogP contribution is 2.29. The lowest BCUT2D eigenvalue weighted by atomic mass is 10.1. The molecule has 0 aliphatic heterocycles. The molecular formula is C15H11FN2OS. The van der Waals surface area contributed by atoms with E-state index in [0.717, 1.165) is 4.88 Å². The van der Waals surface area contributed by atoms with Crippen molar-refractivity contribution in [3.63, 3.8) is 0 Å². The van der Waals surface area contributed by atoms with Gasteiger partial charge in [-0.2, -0.15) is 5.26 Å². The first-order valence-corrected chi connectivity index (χ1v) is 6.66. The van der Waals surface area contributed by atoms with Gasteiger partial charge in [-0.25, -0.2) is 4.39 Å². The van der Waals surface area contributed by atoms with Crippen LogP contribution >= 0.6 is 11.3 Å². The van der Waals surface area contributed by atoms with Gasteiger partial charge in [0.25, 0.3) is 0 Å². The van der Waals surface area contributed by atoms with E-state index in [1.807, 2.05) is 6.07 Å². The molecule has 1 aromatic carbocycles. The Morgan fingerprint density at radius 2 is 2.20 bits per heavy atom. The molecular weight excluding hydrogens is 275 g/mol. The zero-order chi connectivity index (χ0) is 14.7. The molecule has 0 bridgehead atoms. The maximum Gasteiger partial charge on any atom is 0.244 e. The third-order valence-corrected chi connectivity index (χ3v) is 3.66. The van der Waals surface area contributed by atoms with Gasteiger partial charge in [0.05, 0.1) is 11.6 Å². The molecule has 0 saturated heterocycles. The van der Waals surface area contributed by atoms with E-state index in [1.165, 1.54) is 17.4 Å². The van der Waals surface area contributed by atoms with Crippen molar-refractivity contribution in [2.45, 2.75) is 6.92 Å². The summed E-state index contributed by atoms with van der Waals surface area (Å²) in [6.07, 6.45) is 1.66. The smallest absolute Gasteiger partial charge is 0.244 e. The van der Waals surface area contributed by atoms with Gasteiger partial charge in [-0.1, -0.05) is 6.07 Å². The lowest BCUT2D eigenvalue weighted by molar-refractivity contribution is -0.114. The number of amides is 1. The molecule has 1 heterocycles. The van der Waals surface area contributed by atoms with Crippen LogP contribution in [0.3, 0.4) is 0 Å². The monoisotopic (exact) mass is 286 g/mol. The summed E-state index contributed by atoms with van der Waals surface area (Å²) < 4.78 is 13.9. The second-order valence-electron chi connectivity index (χ2n) is 4.24. The zero-order valence-corrected chi connectivity index (χ0v) is 11.5. The van der Waals surface area contributed by atoms with E-state index in [1.54, 1.807) is 36.6 Å². The molecule has 3 nitrogen and oxygen atoms in total. The largest absolute Gasteiger partial charge is 0.366 e. The number of benzene rings is 1. The highest BCUT2D eigenvalue weighted by atomic mass is 32.1. The molecule has 0 spiro atoms. The van der Waals surface area contributed by atoms with Crippen LogP contribution in [0.4, 0.5) is 4.39 Å². The van der Waals surface area contributed by atoms with Gasteiger partial charge in [0.15, 0.2) is 0 Å². The molecule has 1 amide bonds. The van der Waals surface area contributed by atoms with Crippen molar-refractivity contribution < 1.29 is 9.18 Å². The number of nitrogens with two attached hydrogens (primary N) is 1. The Morgan fingerprint density at radius 1 is 1.45 bits per heavy atom. The first-order chi connectivity index (χ1) is 9.51. The number of nitriles is 1. The predicted octanol–water partition coefficient (Wildman–Crippen LogP) is 3.31. The van der Waals surface area contributed by atoms with Crippen LogP contribution in [-0.4, -0.2) is 5.91 Å². The molecule has 0 aliphatic rings. The molecule has 0 fully saturated rings. The van der Waals surface area contributed by atoms with Crippen LogP contribution in [-0.2, 0) is 4.79 Å². The van der Waals surface area contributed by atoms with E-state index < -0.39 is 11.7 Å². The van der Waals surface area contributed by atoms with Crippen LogP contribution in [0.25, 0.3) is 17.2 Å². The Kier molecular flexibility index (Phi) is 3.97. The summed E-state index contributed by atoms with van der Waals surface area (Å²) in [5.74, 6) is -0.923. The third kappa shape index (κ3) is 2.92. The summed E-state index contributed by atoms with van der Waals surface area (Å²) in [6.45, 7) is 1.63. The fraction of sp³-hybridized carbons (Fsp3) is 0.0667. The molecule has 2 aromatic rings. The SMILES string of the molecule is C/C(=C\c1cc(-c2ccc(C#N)cc2F)cs1)C(N)=O. The minimum absolute atomic E-state index is 0.283. The molecule has 0 aliphatic carbocycles. The highest BCUT2D eigenvalue weighted by molar-refractivity contribution is 7.11. The second kappa shape index (κ2) is 5.68. The van der Waals surface area contributed by atoms with Crippen LogP contribution in [0.5, 0.6) is 0 Å². The van der Waals surface area contributed by atoms with Crippen molar-refractivity contribution in [1.82, 2.24) is 0 Å². The lowest BCUT2D eigenvalue weighted by Gasteiger charge is -2.00. The van der Waals surface area contributed by atoms with Gasteiger partial charge in [-0.3, -0.25) is 4.79 Å². The normalized spacial score (nSPS) is 11.2. The molecule has 0 unspecified atom stereocenters. The van der Waals surface area contributed by atoms with Gasteiger partial charge in [0.2, 0.25) is 5.91 Å². The first-order valence-electron chi connectivity index (χ1n) is 5.78. The van der Waals surface area contributed by atoms with Crippen LogP contribution in [0.2, 0.25) is 0 Å². The van der Waals surface area contributed by atoms with E-state index in [9.17, 15) is 9.18 Å². The number of primary amides is 1. The first kappa shape index (κ1) is 14.0. The van der Waals surface area contributed by atoms with Crippen LogP contribution in [0.1, 0.15) is 17.4 Å². The molecule has 100 valence electrons. The number of hydrogen-bond acceptors (Lipinski definition) is 3. The van der Waals surface area contributed by atoms with E-state index in [-0.39, 0.29) is 5.56 Å². The number of halogens is 1. The molecule has 20 heavy (non-hydrogen) atoms. The molecule has 2 N–H and O–H groups in total. The zero-order valence-electron chi connectivity index (χ0n) is 10.7. The quantitative estimate of drug-likeness (QED) is 0.879. The van der Waals surface area contributed by atoms with Gasteiger partial charge in [0, 0.05) is 16.0 Å². The second-order valence-corrected chi connectivity index (χ2v) is 5.18. The number of nitrogens with zero attached hydrogens (tertiary/aromatic N) is 1. The van der Waals surface area contributed by atoms with Crippen molar-refractivity contribution in [2.75, 3.05) is 0 Å². The Labute approximate surface area is 119 Å². The summed E-state index contributed by atoms with van der Waals surface area (Å²) in [7, 11) is 0. The molecule has 0 radical (unpaired) electrons. The summed E-state index contributed by atoms with van der Waals surface area (Å²) in [5.41, 5.74) is 7.03. The maximum absolute atomic E-state index is 13.9. The van der Waals surface area contributed by atoms with E-state index in [2.05, 4.69) is 0 Å². The predicted molar refractivity (Wildman–Crippen MR) is 77.3 cm³/mol. The topological polar surface area (TPSA) is 66.9 Å². The molecule has 0 atom stereocenters. The number of rotatable bonds is 3. The maximum atomic E-state index is 13.9. The van der Waals surface area contributed by atoms with Gasteiger partial charge >= 0.3 is 0 Å². The summed E-state index contributed by atoms with van der Waals surface area (Å²) in [5, 5.41) is 10.5. The van der Waals surface area contributed by atoms with E-state index in [4.69, 9.17) is 11.0 Å². The van der Waals surface area contributed by atoms with Crippen LogP contribution in [0, 0.1) is 17.1 Å². The highest BCUT2D eigenvalue weighted by Gasteiger charge is 2.08. The summed E-state index contributed by atoms with van der Waals surface area (Å²) in [4.78, 5) is 11.8. The lowest BCUT2D eigenvalue weighted by Crippen LogP contribution is -2.11. The standard InChI is InChI=1S/C15H11FN2OS/c1-9(15(18)19)4-12-6-11(8-20-12)13-3-2-10(7-17)5-14(13)16/h2-6,8H,1H3,(H2,18,19)/b9-4+. The van der Waals surface area contributed by atoms with Gasteiger partial charge < -0.3 is 5.73 Å². The number of carbonyl (C=O) groups is 1. The molecule has 1 aromatic heterocycles. The molecule has 0 saturated carbocycles. The summed E-state index contributed by atoms with van der Waals surface area (Å²) in [6, 6.07) is 8.02. The van der Waals surface area contributed by atoms with Crippen molar-refractivity contribution in [3.8, 4) is 17.2 Å². The minimum Gasteiger partial charge on any atom is -0.366 e. The van der Waals surface area contributed by atoms with Crippen LogP contribution < -0.4 is 5.73 Å². The summed E-state index contributed by atoms with van der Waals surface area (Å²) >= 11 is 1.39. The number of thiophene rings is 1. The average molecular weight is 286 g/mol. The third-order valence-electron chi connectivity index (χ3n) is 2.78. The van der Waals surface area contributed by atoms with Crippen molar-refractivity contribution in [3.05, 3.63) is 51.5 Å². The van der Waals surface area contributed by atoms with Gasteiger partial charge in [0.1, 0.15) is 5.82 Å². The van der Waals surface area contributed by atoms with E-state index in [0.29, 0.717) is 16.7 Å². The van der Waals surface area contributed by atoms with Crippen LogP contribution in [0.15, 0.2) is 35.2 Å². The molecule has 2 rings (SSSR count). The Morgan fingerprint density at radius 3 is 2.80 bits per heavy atom. The fourth-order valence-electron chi connectivity index (χ4n) is 1.67. The molecule has 5 heteroatoms. The Hall–Kier alpha value is -2.45. The average Bonchev–Trinajstić information content (AvgIpc) is 2.86. The fourth-order valence-corrected chi connectivity index (χ4v) is 2.57. The Bertz CT molecular complexity index is 741.